The summed E-state index contributed by atoms with van der Waals surface area (Å²) in [6.07, 6.45) is 9.45. The lowest BCUT2D eigenvalue weighted by Gasteiger charge is -2.25. The van der Waals surface area contributed by atoms with Crippen LogP contribution < -0.4 is 5.32 Å². The largest absolute Gasteiger partial charge is 0.329 e. The van der Waals surface area contributed by atoms with Crippen LogP contribution in [0.5, 0.6) is 0 Å². The summed E-state index contributed by atoms with van der Waals surface area (Å²) in [5.74, 6) is 0.283. The van der Waals surface area contributed by atoms with Gasteiger partial charge in [0.05, 0.1) is 0 Å². The van der Waals surface area contributed by atoms with Gasteiger partial charge in [-0.2, -0.15) is 0 Å². The Bertz CT molecular complexity index is 670. The number of imide groups is 1. The Balaban J connectivity index is 0.000000190. The third-order valence-corrected chi connectivity index (χ3v) is 4.58. The van der Waals surface area contributed by atoms with Crippen LogP contribution in [0, 0.1) is 5.92 Å². The van der Waals surface area contributed by atoms with Gasteiger partial charge in [0, 0.05) is 29.9 Å². The second-order valence-corrected chi connectivity index (χ2v) is 6.52. The second kappa shape index (κ2) is 9.65. The highest BCUT2D eigenvalue weighted by molar-refractivity contribution is 6.12. The highest BCUT2D eigenvalue weighted by atomic mass is 16.2. The molecule has 6 nitrogen and oxygen atoms in total. The van der Waals surface area contributed by atoms with Crippen molar-refractivity contribution in [1.29, 1.82) is 0 Å². The van der Waals surface area contributed by atoms with Crippen molar-refractivity contribution in [2.75, 3.05) is 11.9 Å². The van der Waals surface area contributed by atoms with Gasteiger partial charge in [-0.25, -0.2) is 0 Å². The summed E-state index contributed by atoms with van der Waals surface area (Å²) in [5.41, 5.74) is 1.33. The molecule has 1 aromatic carbocycles. The molecule has 6 heteroatoms. The van der Waals surface area contributed by atoms with Crippen LogP contribution in [0.25, 0.3) is 0 Å². The Labute approximate surface area is 153 Å². The van der Waals surface area contributed by atoms with Crippen LogP contribution in [0.15, 0.2) is 36.4 Å². The number of ketones is 1. The van der Waals surface area contributed by atoms with Crippen molar-refractivity contribution in [1.82, 2.24) is 4.90 Å². The highest BCUT2D eigenvalue weighted by Gasteiger charge is 2.26. The summed E-state index contributed by atoms with van der Waals surface area (Å²) in [5, 5.41) is 2.48. The Morgan fingerprint density at radius 3 is 2.15 bits per heavy atom. The zero-order valence-electron chi connectivity index (χ0n) is 14.9. The Kier molecular flexibility index (Phi) is 7.26. The van der Waals surface area contributed by atoms with E-state index < -0.39 is 0 Å². The molecule has 3 amide bonds. The van der Waals surface area contributed by atoms with E-state index >= 15 is 0 Å². The smallest absolute Gasteiger partial charge is 0.253 e. The number of nitrogens with zero attached hydrogens (tertiary/aromatic N) is 1. The molecule has 1 aliphatic carbocycles. The lowest BCUT2D eigenvalue weighted by molar-refractivity contribution is -0.137. The van der Waals surface area contributed by atoms with Crippen molar-refractivity contribution < 1.29 is 19.2 Å². The van der Waals surface area contributed by atoms with E-state index in [2.05, 4.69) is 5.32 Å². The van der Waals surface area contributed by atoms with Crippen LogP contribution in [-0.2, 0) is 14.4 Å². The van der Waals surface area contributed by atoms with Gasteiger partial charge in [0.1, 0.15) is 0 Å². The molecule has 0 atom stereocenters. The van der Waals surface area contributed by atoms with E-state index in [0.29, 0.717) is 30.1 Å². The van der Waals surface area contributed by atoms with Crippen LogP contribution in [0.4, 0.5) is 5.69 Å². The minimum atomic E-state index is -0.138. The van der Waals surface area contributed by atoms with Gasteiger partial charge in [-0.05, 0) is 49.9 Å². The van der Waals surface area contributed by atoms with Crippen molar-refractivity contribution in [2.45, 2.75) is 39.0 Å². The van der Waals surface area contributed by atoms with E-state index in [9.17, 15) is 19.2 Å². The number of carbonyl (C=O) groups is 4. The third-order valence-electron chi connectivity index (χ3n) is 4.58. The standard InChI is InChI=1S/C11H15NO2.C9H9NO2/c13-10-6-7-11(14)12(10)8-9-4-2-1-3-5-9;1-7(12)8-2-4-9(5-3-8)10-6-11/h6-7,9H,1-5,8H2;2-6H,1H3,(H,10,11). The summed E-state index contributed by atoms with van der Waals surface area (Å²) in [4.78, 5) is 44.8. The quantitative estimate of drug-likeness (QED) is 0.499. The molecule has 1 N–H and O–H groups in total. The fraction of sp³-hybridized carbons (Fsp3) is 0.400. The Morgan fingerprint density at radius 2 is 1.65 bits per heavy atom. The summed E-state index contributed by atoms with van der Waals surface area (Å²) in [6.45, 7) is 2.13. The van der Waals surface area contributed by atoms with Gasteiger partial charge < -0.3 is 5.32 Å². The first-order valence-corrected chi connectivity index (χ1v) is 8.86. The lowest BCUT2D eigenvalue weighted by Crippen LogP contribution is -2.35. The molecule has 0 saturated heterocycles. The van der Waals surface area contributed by atoms with Gasteiger partial charge in [-0.3, -0.25) is 24.1 Å². The summed E-state index contributed by atoms with van der Waals surface area (Å²) >= 11 is 0. The first-order valence-electron chi connectivity index (χ1n) is 8.86. The average molecular weight is 356 g/mol. The fourth-order valence-electron chi connectivity index (χ4n) is 3.11. The normalized spacial score (nSPS) is 16.9. The maximum absolute atomic E-state index is 11.3. The molecule has 138 valence electrons. The third kappa shape index (κ3) is 5.65. The first kappa shape index (κ1) is 19.6. The van der Waals surface area contributed by atoms with Crippen molar-refractivity contribution >= 4 is 29.7 Å². The minimum absolute atomic E-state index is 0.0210. The molecule has 26 heavy (non-hydrogen) atoms. The van der Waals surface area contributed by atoms with E-state index in [1.54, 1.807) is 24.3 Å². The number of Topliss-reactive ketones (excluding diaryl/α,β-unsaturated/α-hetero) is 1. The van der Waals surface area contributed by atoms with Crippen LogP contribution in [0.1, 0.15) is 49.4 Å². The van der Waals surface area contributed by atoms with Crippen LogP contribution in [0.2, 0.25) is 0 Å². The maximum atomic E-state index is 11.3. The van der Waals surface area contributed by atoms with Gasteiger partial charge >= 0.3 is 0 Å². The van der Waals surface area contributed by atoms with E-state index in [1.807, 2.05) is 0 Å². The van der Waals surface area contributed by atoms with Crippen LogP contribution in [0.3, 0.4) is 0 Å². The molecule has 2 aliphatic rings. The van der Waals surface area contributed by atoms with Gasteiger partial charge in [-0.15, -0.1) is 0 Å². The predicted molar refractivity (Wildman–Crippen MR) is 98.6 cm³/mol. The van der Waals surface area contributed by atoms with Crippen molar-refractivity contribution in [3.05, 3.63) is 42.0 Å². The van der Waals surface area contributed by atoms with E-state index in [-0.39, 0.29) is 17.6 Å². The number of amides is 3. The van der Waals surface area contributed by atoms with Gasteiger partial charge in [0.25, 0.3) is 11.8 Å². The molecule has 0 radical (unpaired) electrons. The lowest BCUT2D eigenvalue weighted by atomic mass is 9.89. The summed E-state index contributed by atoms with van der Waals surface area (Å²) in [7, 11) is 0. The number of rotatable bonds is 5. The number of hydrogen-bond acceptors (Lipinski definition) is 4. The Morgan fingerprint density at radius 1 is 1.08 bits per heavy atom. The highest BCUT2D eigenvalue weighted by Crippen LogP contribution is 2.25. The molecule has 1 saturated carbocycles. The molecule has 0 aromatic heterocycles. The topological polar surface area (TPSA) is 83.5 Å². The molecule has 0 spiro atoms. The van der Waals surface area contributed by atoms with Gasteiger partial charge in [0.15, 0.2) is 5.78 Å². The maximum Gasteiger partial charge on any atom is 0.253 e. The number of carbonyl (C=O) groups excluding carboxylic acids is 4. The molecule has 0 unspecified atom stereocenters. The van der Waals surface area contributed by atoms with Gasteiger partial charge in [-0.1, -0.05) is 19.3 Å². The zero-order chi connectivity index (χ0) is 18.9. The fourth-order valence-corrected chi connectivity index (χ4v) is 3.11. The zero-order valence-corrected chi connectivity index (χ0v) is 14.9. The SMILES string of the molecule is CC(=O)c1ccc(NC=O)cc1.O=C1C=CC(=O)N1CC1CCCCC1. The van der Waals surface area contributed by atoms with E-state index in [1.165, 1.54) is 43.2 Å². The molecule has 1 aliphatic heterocycles. The van der Waals surface area contributed by atoms with E-state index in [0.717, 1.165) is 12.8 Å². The second-order valence-electron chi connectivity index (χ2n) is 6.52. The van der Waals surface area contributed by atoms with Crippen molar-refractivity contribution in [2.24, 2.45) is 5.92 Å². The van der Waals surface area contributed by atoms with E-state index in [4.69, 9.17) is 0 Å². The summed E-state index contributed by atoms with van der Waals surface area (Å²) < 4.78 is 0. The molecular weight excluding hydrogens is 332 g/mol. The predicted octanol–water partition coefficient (Wildman–Crippen LogP) is 2.95. The van der Waals surface area contributed by atoms with Crippen molar-refractivity contribution in [3.8, 4) is 0 Å². The monoisotopic (exact) mass is 356 g/mol. The molecule has 1 fully saturated rings. The minimum Gasteiger partial charge on any atom is -0.329 e. The molecule has 1 heterocycles. The molecular formula is C20H24N2O4. The van der Waals surface area contributed by atoms with Crippen LogP contribution in [-0.4, -0.2) is 35.5 Å². The number of nitrogens with one attached hydrogen (secondary N) is 1. The average Bonchev–Trinajstić information content (AvgIpc) is 2.96. The molecule has 1 aromatic rings. The summed E-state index contributed by atoms with van der Waals surface area (Å²) in [6, 6.07) is 6.72. The van der Waals surface area contributed by atoms with Crippen LogP contribution >= 0.6 is 0 Å². The Hall–Kier alpha value is -2.76. The first-order chi connectivity index (χ1) is 12.5. The number of benzene rings is 1. The molecule has 0 bridgehead atoms. The number of anilines is 1. The number of hydrogen-bond donors (Lipinski definition) is 1. The molecule has 3 rings (SSSR count). The van der Waals surface area contributed by atoms with Gasteiger partial charge in [0.2, 0.25) is 6.41 Å². The van der Waals surface area contributed by atoms with Crippen molar-refractivity contribution in [3.63, 3.8) is 0 Å².